The zero-order valence-electron chi connectivity index (χ0n) is 9.20. The van der Waals surface area contributed by atoms with E-state index in [0.29, 0.717) is 6.61 Å². The molecule has 0 saturated carbocycles. The molecule has 1 atom stereocenters. The second kappa shape index (κ2) is 8.23. The van der Waals surface area contributed by atoms with E-state index in [1.54, 1.807) is 0 Å². The summed E-state index contributed by atoms with van der Waals surface area (Å²) in [6, 6.07) is -0.737. The summed E-state index contributed by atoms with van der Waals surface area (Å²) in [4.78, 5) is 21.7. The highest BCUT2D eigenvalue weighted by Gasteiger charge is 2.15. The van der Waals surface area contributed by atoms with Gasteiger partial charge in [0.15, 0.2) is 0 Å². The maximum Gasteiger partial charge on any atom is 0.322 e. The average Bonchev–Trinajstić information content (AvgIpc) is 2.20. The van der Waals surface area contributed by atoms with Crippen molar-refractivity contribution in [3.8, 4) is 0 Å². The molecular formula is C10H20N2O3. The third-order valence-corrected chi connectivity index (χ3v) is 2.00. The first-order valence-corrected chi connectivity index (χ1v) is 5.28. The van der Waals surface area contributed by atoms with Gasteiger partial charge in [-0.3, -0.25) is 9.59 Å². The largest absolute Gasteiger partial charge is 0.465 e. The monoisotopic (exact) mass is 216 g/mol. The minimum absolute atomic E-state index is 0.116. The molecule has 5 heteroatoms. The average molecular weight is 216 g/mol. The van der Waals surface area contributed by atoms with E-state index >= 15 is 0 Å². The fourth-order valence-corrected chi connectivity index (χ4v) is 1.05. The predicted molar refractivity (Wildman–Crippen MR) is 56.9 cm³/mol. The van der Waals surface area contributed by atoms with Gasteiger partial charge in [-0.1, -0.05) is 19.8 Å². The first-order valence-electron chi connectivity index (χ1n) is 5.28. The number of carbonyl (C=O) groups excluding carboxylic acids is 2. The highest BCUT2D eigenvalue weighted by atomic mass is 16.5. The zero-order valence-corrected chi connectivity index (χ0v) is 9.20. The number of nitrogens with two attached hydrogens (primary N) is 2. The lowest BCUT2D eigenvalue weighted by atomic mass is 10.1. The second-order valence-electron chi connectivity index (χ2n) is 3.49. The van der Waals surface area contributed by atoms with Crippen LogP contribution >= 0.6 is 0 Å². The van der Waals surface area contributed by atoms with Gasteiger partial charge in [-0.25, -0.2) is 0 Å². The number of ether oxygens (including phenoxy) is 1. The van der Waals surface area contributed by atoms with Gasteiger partial charge < -0.3 is 16.2 Å². The summed E-state index contributed by atoms with van der Waals surface area (Å²) in [5, 5.41) is 0. The summed E-state index contributed by atoms with van der Waals surface area (Å²) in [5.74, 6) is -0.906. The van der Waals surface area contributed by atoms with Gasteiger partial charge in [0.25, 0.3) is 0 Å². The molecule has 5 nitrogen and oxygen atoms in total. The van der Waals surface area contributed by atoms with Crippen LogP contribution in [0.1, 0.15) is 39.0 Å². The molecule has 0 bridgehead atoms. The van der Waals surface area contributed by atoms with Crippen LogP contribution < -0.4 is 11.5 Å². The molecule has 0 unspecified atom stereocenters. The van der Waals surface area contributed by atoms with E-state index in [1.165, 1.54) is 0 Å². The standard InChI is InChI=1S/C10H20N2O3/c1-2-3-4-7-15-10(14)8(11)5-6-9(12)13/h8H,2-7,11H2,1H3,(H2,12,13)/t8-/m0/s1. The number of amides is 1. The van der Waals surface area contributed by atoms with E-state index in [0.717, 1.165) is 19.3 Å². The van der Waals surface area contributed by atoms with Crippen molar-refractivity contribution in [2.24, 2.45) is 11.5 Å². The van der Waals surface area contributed by atoms with Crippen molar-refractivity contribution in [3.63, 3.8) is 0 Å². The topological polar surface area (TPSA) is 95.4 Å². The Labute approximate surface area is 90.1 Å². The lowest BCUT2D eigenvalue weighted by molar-refractivity contribution is -0.145. The van der Waals surface area contributed by atoms with Crippen molar-refractivity contribution in [2.75, 3.05) is 6.61 Å². The van der Waals surface area contributed by atoms with Crippen molar-refractivity contribution in [3.05, 3.63) is 0 Å². The van der Waals surface area contributed by atoms with Crippen molar-refractivity contribution < 1.29 is 14.3 Å². The number of hydrogen-bond donors (Lipinski definition) is 2. The maximum atomic E-state index is 11.2. The second-order valence-corrected chi connectivity index (χ2v) is 3.49. The molecule has 0 saturated heterocycles. The number of unbranched alkanes of at least 4 members (excludes halogenated alkanes) is 2. The quantitative estimate of drug-likeness (QED) is 0.451. The summed E-state index contributed by atoms with van der Waals surface area (Å²) in [7, 11) is 0. The molecule has 0 aromatic rings. The Hall–Kier alpha value is -1.10. The van der Waals surface area contributed by atoms with Gasteiger partial charge in [0.05, 0.1) is 6.61 Å². The number of hydrogen-bond acceptors (Lipinski definition) is 4. The fourth-order valence-electron chi connectivity index (χ4n) is 1.05. The molecule has 0 spiro atoms. The predicted octanol–water partition coefficient (Wildman–Crippen LogP) is 0.313. The molecule has 0 aliphatic carbocycles. The molecule has 15 heavy (non-hydrogen) atoms. The molecule has 0 heterocycles. The molecule has 4 N–H and O–H groups in total. The molecule has 0 aliphatic heterocycles. The molecule has 0 aromatic carbocycles. The molecule has 88 valence electrons. The highest BCUT2D eigenvalue weighted by Crippen LogP contribution is 1.99. The van der Waals surface area contributed by atoms with Gasteiger partial charge in [0, 0.05) is 6.42 Å². The van der Waals surface area contributed by atoms with Gasteiger partial charge in [-0.2, -0.15) is 0 Å². The van der Waals surface area contributed by atoms with E-state index in [9.17, 15) is 9.59 Å². The zero-order chi connectivity index (χ0) is 11.7. The first kappa shape index (κ1) is 13.9. The lowest BCUT2D eigenvalue weighted by Crippen LogP contribution is -2.33. The van der Waals surface area contributed by atoms with Gasteiger partial charge in [0.2, 0.25) is 5.91 Å². The molecule has 0 rings (SSSR count). The summed E-state index contributed by atoms with van der Waals surface area (Å²) in [6.07, 6.45) is 3.33. The summed E-state index contributed by atoms with van der Waals surface area (Å²) in [6.45, 7) is 2.47. The minimum Gasteiger partial charge on any atom is -0.465 e. The Morgan fingerprint density at radius 1 is 1.33 bits per heavy atom. The van der Waals surface area contributed by atoms with E-state index < -0.39 is 17.9 Å². The van der Waals surface area contributed by atoms with E-state index in [4.69, 9.17) is 16.2 Å². The van der Waals surface area contributed by atoms with Crippen LogP contribution in [0.4, 0.5) is 0 Å². The van der Waals surface area contributed by atoms with Gasteiger partial charge >= 0.3 is 5.97 Å². The first-order chi connectivity index (χ1) is 7.07. The van der Waals surface area contributed by atoms with Crippen LogP contribution in [0.25, 0.3) is 0 Å². The summed E-state index contributed by atoms with van der Waals surface area (Å²) < 4.78 is 4.92. The van der Waals surface area contributed by atoms with Crippen molar-refractivity contribution >= 4 is 11.9 Å². The summed E-state index contributed by atoms with van der Waals surface area (Å²) >= 11 is 0. The fraction of sp³-hybridized carbons (Fsp3) is 0.800. The van der Waals surface area contributed by atoms with E-state index in [2.05, 4.69) is 6.92 Å². The molecule has 0 aromatic heterocycles. The highest BCUT2D eigenvalue weighted by molar-refractivity contribution is 5.78. The van der Waals surface area contributed by atoms with Crippen LogP contribution in [0.2, 0.25) is 0 Å². The number of esters is 1. The summed E-state index contributed by atoms with van der Waals surface area (Å²) in [5.41, 5.74) is 10.4. The van der Waals surface area contributed by atoms with Crippen molar-refractivity contribution in [1.29, 1.82) is 0 Å². The Kier molecular flexibility index (Phi) is 7.62. The number of rotatable bonds is 8. The van der Waals surface area contributed by atoms with E-state index in [-0.39, 0.29) is 12.8 Å². The molecule has 0 radical (unpaired) electrons. The maximum absolute atomic E-state index is 11.2. The Morgan fingerprint density at radius 3 is 2.53 bits per heavy atom. The van der Waals surface area contributed by atoms with Gasteiger partial charge in [0.1, 0.15) is 6.04 Å². The van der Waals surface area contributed by atoms with Crippen molar-refractivity contribution in [1.82, 2.24) is 0 Å². The Balaban J connectivity index is 3.55. The van der Waals surface area contributed by atoms with Crippen LogP contribution in [-0.4, -0.2) is 24.5 Å². The molecular weight excluding hydrogens is 196 g/mol. The van der Waals surface area contributed by atoms with Crippen LogP contribution in [-0.2, 0) is 14.3 Å². The third-order valence-electron chi connectivity index (χ3n) is 2.00. The van der Waals surface area contributed by atoms with E-state index in [1.807, 2.05) is 0 Å². The Morgan fingerprint density at radius 2 is 2.00 bits per heavy atom. The smallest absolute Gasteiger partial charge is 0.322 e. The minimum atomic E-state index is -0.737. The van der Waals surface area contributed by atoms with Crippen LogP contribution in [0.5, 0.6) is 0 Å². The van der Waals surface area contributed by atoms with Crippen LogP contribution in [0.3, 0.4) is 0 Å². The molecule has 0 fully saturated rings. The third kappa shape index (κ3) is 7.93. The van der Waals surface area contributed by atoms with Gasteiger partial charge in [-0.15, -0.1) is 0 Å². The lowest BCUT2D eigenvalue weighted by Gasteiger charge is -2.10. The number of primary amides is 1. The molecule has 0 aliphatic rings. The SMILES string of the molecule is CCCCCOC(=O)[C@@H](N)CCC(N)=O. The van der Waals surface area contributed by atoms with Crippen LogP contribution in [0, 0.1) is 0 Å². The van der Waals surface area contributed by atoms with Gasteiger partial charge in [-0.05, 0) is 12.8 Å². The Bertz CT molecular complexity index is 207. The van der Waals surface area contributed by atoms with Crippen molar-refractivity contribution in [2.45, 2.75) is 45.1 Å². The molecule has 1 amide bonds. The normalized spacial score (nSPS) is 12.1. The number of carbonyl (C=O) groups is 2. The van der Waals surface area contributed by atoms with Crippen LogP contribution in [0.15, 0.2) is 0 Å².